The minimum atomic E-state index is -0.641. The Kier molecular flexibility index (Phi) is 11.0. The first-order valence-electron chi connectivity index (χ1n) is 20.3. The molecule has 5 amide bonds. The van der Waals surface area contributed by atoms with Crippen molar-refractivity contribution in [2.45, 2.75) is 69.2 Å². The average Bonchev–Trinajstić information content (AvgIpc) is 3.56. The van der Waals surface area contributed by atoms with Crippen LogP contribution >= 0.6 is 0 Å². The fraction of sp³-hybridized carbons (Fsp3) is 0.537. The highest BCUT2D eigenvalue weighted by Gasteiger charge is 2.35. The lowest BCUT2D eigenvalue weighted by Crippen LogP contribution is -2.49. The van der Waals surface area contributed by atoms with Crippen molar-refractivity contribution >= 4 is 46.9 Å². The van der Waals surface area contributed by atoms with Gasteiger partial charge in [-0.2, -0.15) is 0 Å². The second-order valence-electron chi connectivity index (χ2n) is 16.1. The van der Waals surface area contributed by atoms with Gasteiger partial charge in [-0.3, -0.25) is 19.7 Å². The molecule has 15 heteroatoms. The first kappa shape index (κ1) is 37.6. The third-order valence-electron chi connectivity index (χ3n) is 12.5. The van der Waals surface area contributed by atoms with Gasteiger partial charge >= 0.3 is 6.03 Å². The lowest BCUT2D eigenvalue weighted by molar-refractivity contribution is -0.134. The normalized spacial score (nSPS) is 23.1. The van der Waals surface area contributed by atoms with Gasteiger partial charge in [0.25, 0.3) is 5.91 Å². The summed E-state index contributed by atoms with van der Waals surface area (Å²) in [6, 6.07) is 12.6. The van der Waals surface area contributed by atoms with Crippen LogP contribution in [-0.4, -0.2) is 125 Å². The summed E-state index contributed by atoms with van der Waals surface area (Å²) in [7, 11) is 1.84. The molecule has 2 aromatic heterocycles. The standard InChI is InChI=1S/C41H53N11O4/c1-48-21-22-52(41(48)56)32-3-2-16-51(26-32)35-24-44-37(38(42)54)39(46-35)45-31-7-4-28(5-8-31)29-14-17-49(18-15-29)25-27-12-19-50(20-13-27)34-10-6-30(23-43-34)33-9-11-36(53)47-40(33)55/h4-8,10,23-24,27,29,32-33H,2-3,9,11-22,25-26H2,1H3,(H2,42,54)(H,45,46)(H,47,53,55)/t32-,33?/m1/s1. The van der Waals surface area contributed by atoms with Crippen LogP contribution < -0.4 is 26.2 Å². The lowest BCUT2D eigenvalue weighted by Gasteiger charge is -2.38. The molecule has 5 aliphatic heterocycles. The number of hydrogen-bond donors (Lipinski definition) is 3. The minimum Gasteiger partial charge on any atom is -0.364 e. The molecule has 0 aliphatic carbocycles. The number of anilines is 4. The zero-order valence-corrected chi connectivity index (χ0v) is 32.2. The summed E-state index contributed by atoms with van der Waals surface area (Å²) in [4.78, 5) is 73.6. The van der Waals surface area contributed by atoms with Crippen LogP contribution in [0.4, 0.5) is 27.9 Å². The summed E-state index contributed by atoms with van der Waals surface area (Å²) in [5.41, 5.74) is 8.81. The first-order valence-corrected chi connectivity index (χ1v) is 20.3. The number of likely N-dealkylation sites (tertiary alicyclic amines) is 1. The number of piperidine rings is 4. The lowest BCUT2D eigenvalue weighted by atomic mass is 9.88. The molecule has 56 heavy (non-hydrogen) atoms. The molecule has 7 heterocycles. The van der Waals surface area contributed by atoms with Crippen LogP contribution in [0.2, 0.25) is 0 Å². The van der Waals surface area contributed by atoms with Crippen molar-refractivity contribution in [3.05, 3.63) is 65.6 Å². The van der Waals surface area contributed by atoms with Gasteiger partial charge in [-0.25, -0.2) is 19.7 Å². The maximum Gasteiger partial charge on any atom is 0.320 e. The van der Waals surface area contributed by atoms with Crippen molar-refractivity contribution in [3.63, 3.8) is 0 Å². The number of pyridine rings is 1. The Morgan fingerprint density at radius 1 is 0.821 bits per heavy atom. The highest BCUT2D eigenvalue weighted by atomic mass is 16.2. The predicted octanol–water partition coefficient (Wildman–Crippen LogP) is 3.67. The Bertz CT molecular complexity index is 1910. The molecule has 4 N–H and O–H groups in total. The van der Waals surface area contributed by atoms with E-state index in [4.69, 9.17) is 15.7 Å². The fourth-order valence-electron chi connectivity index (χ4n) is 9.16. The number of likely N-dealkylation sites (N-methyl/N-ethyl adjacent to an activating group) is 1. The molecule has 1 aromatic carbocycles. The molecule has 15 nitrogen and oxygen atoms in total. The fourth-order valence-corrected chi connectivity index (χ4v) is 9.16. The van der Waals surface area contributed by atoms with Gasteiger partial charge in [-0.15, -0.1) is 0 Å². The van der Waals surface area contributed by atoms with Crippen LogP contribution in [0.25, 0.3) is 0 Å². The number of benzene rings is 1. The number of carbonyl (C=O) groups excluding carboxylic acids is 4. The summed E-state index contributed by atoms with van der Waals surface area (Å²) in [5.74, 6) is 1.73. The minimum absolute atomic E-state index is 0.0736. The molecule has 5 aliphatic rings. The molecule has 5 fully saturated rings. The van der Waals surface area contributed by atoms with Crippen LogP contribution in [-0.2, 0) is 9.59 Å². The quantitative estimate of drug-likeness (QED) is 0.257. The summed E-state index contributed by atoms with van der Waals surface area (Å²) in [6.07, 6.45) is 10.7. The largest absolute Gasteiger partial charge is 0.364 e. The second-order valence-corrected chi connectivity index (χ2v) is 16.1. The topological polar surface area (TPSA) is 173 Å². The maximum absolute atomic E-state index is 12.7. The highest BCUT2D eigenvalue weighted by Crippen LogP contribution is 2.33. The molecule has 0 radical (unpaired) electrons. The number of amides is 5. The zero-order chi connectivity index (χ0) is 38.8. The number of nitrogens with two attached hydrogens (primary N) is 1. The van der Waals surface area contributed by atoms with Gasteiger partial charge in [-0.1, -0.05) is 18.2 Å². The van der Waals surface area contributed by atoms with Gasteiger partial charge in [0.1, 0.15) is 11.6 Å². The van der Waals surface area contributed by atoms with Crippen molar-refractivity contribution < 1.29 is 19.2 Å². The molecule has 0 spiro atoms. The molecular formula is C41H53N11O4. The summed E-state index contributed by atoms with van der Waals surface area (Å²) >= 11 is 0. The summed E-state index contributed by atoms with van der Waals surface area (Å²) in [6.45, 7) is 8.17. The van der Waals surface area contributed by atoms with Crippen molar-refractivity contribution in [1.29, 1.82) is 0 Å². The molecule has 2 atom stereocenters. The number of hydrogen-bond acceptors (Lipinski definition) is 11. The van der Waals surface area contributed by atoms with Gasteiger partial charge in [0.15, 0.2) is 11.5 Å². The van der Waals surface area contributed by atoms with E-state index in [-0.39, 0.29) is 35.5 Å². The molecule has 0 bridgehead atoms. The van der Waals surface area contributed by atoms with Crippen molar-refractivity contribution in [2.75, 3.05) is 81.1 Å². The smallest absolute Gasteiger partial charge is 0.320 e. The number of rotatable bonds is 10. The van der Waals surface area contributed by atoms with Crippen molar-refractivity contribution in [3.8, 4) is 0 Å². The van der Waals surface area contributed by atoms with Crippen LogP contribution in [0.5, 0.6) is 0 Å². The molecule has 3 aromatic rings. The Hall–Kier alpha value is -5.31. The Morgan fingerprint density at radius 3 is 2.27 bits per heavy atom. The number of nitrogens with zero attached hydrogens (tertiary/aromatic N) is 8. The Balaban J connectivity index is 0.807. The van der Waals surface area contributed by atoms with E-state index in [0.717, 1.165) is 108 Å². The van der Waals surface area contributed by atoms with E-state index < -0.39 is 5.91 Å². The molecular weight excluding hydrogens is 711 g/mol. The van der Waals surface area contributed by atoms with E-state index in [1.54, 1.807) is 17.3 Å². The number of urea groups is 1. The Morgan fingerprint density at radius 2 is 1.59 bits per heavy atom. The van der Waals surface area contributed by atoms with Crippen LogP contribution in [0, 0.1) is 5.92 Å². The monoisotopic (exact) mass is 763 g/mol. The van der Waals surface area contributed by atoms with E-state index in [2.05, 4.69) is 42.5 Å². The van der Waals surface area contributed by atoms with Crippen molar-refractivity contribution in [2.24, 2.45) is 11.7 Å². The summed E-state index contributed by atoms with van der Waals surface area (Å²) < 4.78 is 0. The number of primary amides is 1. The van der Waals surface area contributed by atoms with E-state index >= 15 is 0 Å². The van der Waals surface area contributed by atoms with Crippen LogP contribution in [0.15, 0.2) is 48.8 Å². The van der Waals surface area contributed by atoms with Gasteiger partial charge in [-0.05, 0) is 99.2 Å². The highest BCUT2D eigenvalue weighted by molar-refractivity contribution is 6.01. The van der Waals surface area contributed by atoms with Gasteiger partial charge in [0.05, 0.1) is 18.2 Å². The Labute approximate surface area is 328 Å². The van der Waals surface area contributed by atoms with Crippen LogP contribution in [0.3, 0.4) is 0 Å². The first-order chi connectivity index (χ1) is 27.2. The van der Waals surface area contributed by atoms with E-state index in [9.17, 15) is 19.2 Å². The third kappa shape index (κ3) is 8.27. The molecule has 5 saturated heterocycles. The molecule has 1 unspecified atom stereocenters. The maximum atomic E-state index is 12.7. The van der Waals surface area contributed by atoms with E-state index in [1.807, 2.05) is 36.2 Å². The third-order valence-corrected chi connectivity index (χ3v) is 12.5. The number of aromatic nitrogens is 3. The molecule has 0 saturated carbocycles. The zero-order valence-electron chi connectivity index (χ0n) is 32.2. The second kappa shape index (κ2) is 16.4. The van der Waals surface area contributed by atoms with Gasteiger partial charge < -0.3 is 35.6 Å². The molecule has 296 valence electrons. The van der Waals surface area contributed by atoms with E-state index in [1.165, 1.54) is 5.56 Å². The SMILES string of the molecule is CN1CCN([C@@H]2CCCN(c3cnc(C(N)=O)c(Nc4ccc(C5CCN(CC6CCN(c7ccc(C8CCC(=O)NC8=O)cn7)CC6)CC5)cc4)n3)C2)C1=O. The average molecular weight is 764 g/mol. The summed E-state index contributed by atoms with van der Waals surface area (Å²) in [5, 5.41) is 5.75. The number of carbonyl (C=O) groups is 4. The van der Waals surface area contributed by atoms with Crippen molar-refractivity contribution in [1.82, 2.24) is 35.0 Å². The molecule has 8 rings (SSSR count). The van der Waals surface area contributed by atoms with Gasteiger partial charge in [0.2, 0.25) is 11.8 Å². The number of imide groups is 1. The predicted molar refractivity (Wildman–Crippen MR) is 213 cm³/mol. The number of nitrogens with one attached hydrogen (secondary N) is 2. The van der Waals surface area contributed by atoms with E-state index in [0.29, 0.717) is 42.9 Å². The van der Waals surface area contributed by atoms with Gasteiger partial charge in [0, 0.05) is 71.2 Å². The van der Waals surface area contributed by atoms with Crippen LogP contribution in [0.1, 0.15) is 84.8 Å².